The fraction of sp³-hybridized carbons (Fsp3) is 0.524. The molecule has 26 heavy (non-hydrogen) atoms. The first-order valence-electron chi connectivity index (χ1n) is 9.47. The molecule has 1 aliphatic heterocycles. The van der Waals surface area contributed by atoms with E-state index in [0.717, 1.165) is 50.3 Å². The molecule has 1 aromatic carbocycles. The van der Waals surface area contributed by atoms with Crippen LogP contribution in [0.15, 0.2) is 29.2 Å². The van der Waals surface area contributed by atoms with Crippen molar-refractivity contribution in [3.8, 4) is 0 Å². The number of hydrogen-bond acceptors (Lipinski definition) is 4. The number of aryl methyl sites for hydroxylation is 2. The van der Waals surface area contributed by atoms with Gasteiger partial charge in [-0.1, -0.05) is 12.1 Å². The van der Waals surface area contributed by atoms with Gasteiger partial charge in [0.25, 0.3) is 0 Å². The average Bonchev–Trinajstić information content (AvgIpc) is 2.95. The second-order valence-electron chi connectivity index (χ2n) is 7.13. The van der Waals surface area contributed by atoms with Gasteiger partial charge in [-0.2, -0.15) is 5.10 Å². The Morgan fingerprint density at radius 2 is 2.00 bits per heavy atom. The third-order valence-electron chi connectivity index (χ3n) is 5.46. The lowest BCUT2D eigenvalue weighted by Gasteiger charge is -2.32. The summed E-state index contributed by atoms with van der Waals surface area (Å²) >= 11 is 1.71. The maximum Gasteiger partial charge on any atom is 0.167 e. The van der Waals surface area contributed by atoms with Crippen molar-refractivity contribution in [3.63, 3.8) is 0 Å². The molecule has 1 atom stereocenters. The van der Waals surface area contributed by atoms with Crippen LogP contribution in [0.5, 0.6) is 0 Å². The molecule has 5 heteroatoms. The first kappa shape index (κ1) is 19.2. The molecular formula is C21H29N3OS. The number of nitrogens with zero attached hydrogens (tertiary/aromatic N) is 3. The molecule has 0 radical (unpaired) electrons. The highest BCUT2D eigenvalue weighted by Crippen LogP contribution is 2.25. The van der Waals surface area contributed by atoms with Crippen LogP contribution in [0.25, 0.3) is 0 Å². The third kappa shape index (κ3) is 4.04. The highest BCUT2D eigenvalue weighted by molar-refractivity contribution is 7.98. The second kappa shape index (κ2) is 8.40. The van der Waals surface area contributed by atoms with Crippen molar-refractivity contribution in [2.75, 3.05) is 19.3 Å². The zero-order chi connectivity index (χ0) is 18.7. The van der Waals surface area contributed by atoms with Gasteiger partial charge in [0.05, 0.1) is 5.69 Å². The van der Waals surface area contributed by atoms with Crippen LogP contribution in [-0.2, 0) is 13.1 Å². The van der Waals surface area contributed by atoms with Gasteiger partial charge in [0.2, 0.25) is 0 Å². The number of carbonyl (C=O) groups is 1. The molecule has 140 valence electrons. The quantitative estimate of drug-likeness (QED) is 0.559. The lowest BCUT2D eigenvalue weighted by Crippen LogP contribution is -2.38. The van der Waals surface area contributed by atoms with E-state index in [4.69, 9.17) is 0 Å². The molecule has 1 aliphatic rings. The number of piperidine rings is 1. The van der Waals surface area contributed by atoms with Crippen molar-refractivity contribution >= 4 is 17.5 Å². The Balaban J connectivity index is 1.69. The molecule has 0 spiro atoms. The van der Waals surface area contributed by atoms with Crippen LogP contribution in [0.3, 0.4) is 0 Å². The maximum atomic E-state index is 12.9. The van der Waals surface area contributed by atoms with Gasteiger partial charge < -0.3 is 0 Å². The fourth-order valence-electron chi connectivity index (χ4n) is 3.90. The minimum atomic E-state index is 0.103. The number of carbonyl (C=O) groups excluding carboxylic acids is 1. The van der Waals surface area contributed by atoms with Crippen molar-refractivity contribution < 1.29 is 4.79 Å². The van der Waals surface area contributed by atoms with E-state index in [1.807, 2.05) is 24.3 Å². The Kier molecular flexibility index (Phi) is 6.20. The molecule has 1 fully saturated rings. The summed E-state index contributed by atoms with van der Waals surface area (Å²) in [6.07, 6.45) is 4.13. The van der Waals surface area contributed by atoms with Crippen molar-refractivity contribution in [2.45, 2.75) is 51.6 Å². The van der Waals surface area contributed by atoms with Gasteiger partial charge in [-0.05, 0) is 58.5 Å². The molecule has 1 saturated heterocycles. The molecule has 2 heterocycles. The number of aromatic nitrogens is 2. The molecule has 0 aliphatic carbocycles. The summed E-state index contributed by atoms with van der Waals surface area (Å²) in [5, 5.41) is 4.63. The van der Waals surface area contributed by atoms with Gasteiger partial charge in [-0.25, -0.2) is 0 Å². The monoisotopic (exact) mass is 371 g/mol. The van der Waals surface area contributed by atoms with Gasteiger partial charge in [0.15, 0.2) is 5.78 Å². The van der Waals surface area contributed by atoms with Gasteiger partial charge in [0.1, 0.15) is 0 Å². The molecule has 4 nitrogen and oxygen atoms in total. The molecule has 0 bridgehead atoms. The highest BCUT2D eigenvalue weighted by Gasteiger charge is 2.27. The maximum absolute atomic E-state index is 12.9. The smallest absolute Gasteiger partial charge is 0.167 e. The van der Waals surface area contributed by atoms with Crippen LogP contribution in [-0.4, -0.2) is 39.8 Å². The lowest BCUT2D eigenvalue weighted by molar-refractivity contribution is 0.0811. The van der Waals surface area contributed by atoms with Crippen LogP contribution in [0.4, 0.5) is 0 Å². The average molecular weight is 372 g/mol. The summed E-state index contributed by atoms with van der Waals surface area (Å²) in [5.74, 6) is 0.394. The Hall–Kier alpha value is -1.59. The molecule has 0 saturated carbocycles. The van der Waals surface area contributed by atoms with Crippen LogP contribution < -0.4 is 0 Å². The Bertz CT molecular complexity index is 766. The first-order valence-corrected chi connectivity index (χ1v) is 10.7. The van der Waals surface area contributed by atoms with Crippen molar-refractivity contribution in [1.82, 2.24) is 14.7 Å². The number of hydrogen-bond donors (Lipinski definition) is 0. The number of likely N-dealkylation sites (tertiary alicyclic amines) is 1. The Labute approximate surface area is 161 Å². The fourth-order valence-corrected chi connectivity index (χ4v) is 4.31. The van der Waals surface area contributed by atoms with E-state index in [2.05, 4.69) is 41.7 Å². The van der Waals surface area contributed by atoms with Crippen LogP contribution in [0.1, 0.15) is 47.1 Å². The molecule has 0 amide bonds. The normalized spacial score (nSPS) is 18.2. The van der Waals surface area contributed by atoms with Crippen molar-refractivity contribution in [3.05, 3.63) is 46.8 Å². The number of ketones is 1. The summed E-state index contributed by atoms with van der Waals surface area (Å²) in [6.45, 7) is 10.1. The highest BCUT2D eigenvalue weighted by atomic mass is 32.2. The summed E-state index contributed by atoms with van der Waals surface area (Å²) in [5.41, 5.74) is 4.54. The zero-order valence-electron chi connectivity index (χ0n) is 16.3. The molecular weight excluding hydrogens is 342 g/mol. The molecule has 0 N–H and O–H groups in total. The summed E-state index contributed by atoms with van der Waals surface area (Å²) < 4.78 is 2.07. The van der Waals surface area contributed by atoms with Crippen LogP contribution >= 0.6 is 11.8 Å². The van der Waals surface area contributed by atoms with E-state index in [1.54, 1.807) is 11.8 Å². The molecule has 0 unspecified atom stereocenters. The number of Topliss-reactive ketones (excluding diaryl/α,β-unsaturated/α-hetero) is 1. The van der Waals surface area contributed by atoms with E-state index in [-0.39, 0.29) is 5.92 Å². The topological polar surface area (TPSA) is 38.1 Å². The number of benzene rings is 1. The predicted molar refractivity (Wildman–Crippen MR) is 108 cm³/mol. The first-order chi connectivity index (χ1) is 12.5. The van der Waals surface area contributed by atoms with Gasteiger partial charge in [-0.3, -0.25) is 14.4 Å². The Morgan fingerprint density at radius 3 is 2.62 bits per heavy atom. The third-order valence-corrected chi connectivity index (χ3v) is 6.21. The van der Waals surface area contributed by atoms with E-state index in [9.17, 15) is 4.79 Å². The van der Waals surface area contributed by atoms with E-state index < -0.39 is 0 Å². The van der Waals surface area contributed by atoms with Crippen molar-refractivity contribution in [1.29, 1.82) is 0 Å². The number of thioether (sulfide) groups is 1. The standard InChI is InChI=1S/C21H29N3OS/c1-5-24-16(3)20(15(2)22-24)14-23-12-6-7-18(13-23)21(25)17-8-10-19(26-4)11-9-17/h8-11,18H,5-7,12-14H2,1-4H3/t18-/m1/s1. The number of rotatable bonds is 6. The zero-order valence-corrected chi connectivity index (χ0v) is 17.1. The SMILES string of the molecule is CCn1nc(C)c(CN2CCC[C@@H](C(=O)c3ccc(SC)cc3)C2)c1C. The van der Waals surface area contributed by atoms with Crippen molar-refractivity contribution in [2.24, 2.45) is 5.92 Å². The largest absolute Gasteiger partial charge is 0.298 e. The molecule has 3 rings (SSSR count). The van der Waals surface area contributed by atoms with E-state index in [1.165, 1.54) is 16.2 Å². The van der Waals surface area contributed by atoms with E-state index in [0.29, 0.717) is 5.78 Å². The second-order valence-corrected chi connectivity index (χ2v) is 8.01. The molecule has 2 aromatic rings. The van der Waals surface area contributed by atoms with E-state index >= 15 is 0 Å². The van der Waals surface area contributed by atoms with Gasteiger partial charge >= 0.3 is 0 Å². The Morgan fingerprint density at radius 1 is 1.27 bits per heavy atom. The van der Waals surface area contributed by atoms with Crippen LogP contribution in [0.2, 0.25) is 0 Å². The summed E-state index contributed by atoms with van der Waals surface area (Å²) in [6, 6.07) is 8.05. The summed E-state index contributed by atoms with van der Waals surface area (Å²) in [7, 11) is 0. The predicted octanol–water partition coefficient (Wildman–Crippen LogP) is 4.34. The summed E-state index contributed by atoms with van der Waals surface area (Å²) in [4.78, 5) is 16.6. The van der Waals surface area contributed by atoms with Gasteiger partial charge in [0, 0.05) is 47.3 Å². The van der Waals surface area contributed by atoms with Gasteiger partial charge in [-0.15, -0.1) is 11.8 Å². The lowest BCUT2D eigenvalue weighted by atomic mass is 9.90. The van der Waals surface area contributed by atoms with Crippen LogP contribution in [0, 0.1) is 19.8 Å². The minimum Gasteiger partial charge on any atom is -0.298 e. The minimum absolute atomic E-state index is 0.103. The molecule has 1 aromatic heterocycles.